The van der Waals surface area contributed by atoms with E-state index in [1.165, 1.54) is 7.11 Å². The topological polar surface area (TPSA) is 84.9 Å². The molecule has 1 fully saturated rings. The number of hydrogen-bond donors (Lipinski definition) is 2. The van der Waals surface area contributed by atoms with Gasteiger partial charge in [-0.2, -0.15) is 0 Å². The largest absolute Gasteiger partial charge is 0.496 e. The molecule has 0 radical (unpaired) electrons. The van der Waals surface area contributed by atoms with E-state index >= 15 is 0 Å². The summed E-state index contributed by atoms with van der Waals surface area (Å²) in [5, 5.41) is 13.6. The van der Waals surface area contributed by atoms with E-state index in [1.54, 1.807) is 12.1 Å². The van der Waals surface area contributed by atoms with Gasteiger partial charge in [-0.25, -0.2) is 4.79 Å². The Hall–Kier alpha value is -2.76. The Morgan fingerprint density at radius 3 is 2.83 bits per heavy atom. The fourth-order valence-electron chi connectivity index (χ4n) is 2.73. The Morgan fingerprint density at radius 1 is 1.35 bits per heavy atom. The third-order valence-electron chi connectivity index (χ3n) is 3.92. The van der Waals surface area contributed by atoms with Crippen LogP contribution >= 0.6 is 0 Å². The molecule has 0 aliphatic carbocycles. The van der Waals surface area contributed by atoms with Crippen LogP contribution < -0.4 is 14.8 Å². The molecule has 1 atom stereocenters. The summed E-state index contributed by atoms with van der Waals surface area (Å²) in [5.41, 5.74) is 0.111. The molecule has 1 amide bonds. The third-order valence-corrected chi connectivity index (χ3v) is 3.92. The summed E-state index contributed by atoms with van der Waals surface area (Å²) in [6.07, 6.45) is 1.29. The lowest BCUT2D eigenvalue weighted by atomic mass is 10.0. The molecular weight excluding hydrogens is 298 g/mol. The summed E-state index contributed by atoms with van der Waals surface area (Å²) in [4.78, 5) is 22.5. The normalized spacial score (nSPS) is 17.1. The van der Waals surface area contributed by atoms with E-state index in [-0.39, 0.29) is 23.3 Å². The van der Waals surface area contributed by atoms with Crippen LogP contribution in [0.25, 0.3) is 10.8 Å². The monoisotopic (exact) mass is 315 g/mol. The fourth-order valence-corrected chi connectivity index (χ4v) is 2.73. The SMILES string of the molecule is COc1cc2c(OCC3CCC(=O)N3)cccc2cc1C(=O)O. The van der Waals surface area contributed by atoms with Gasteiger partial charge in [0.2, 0.25) is 5.91 Å². The molecule has 1 aliphatic rings. The van der Waals surface area contributed by atoms with Crippen LogP contribution in [0, 0.1) is 0 Å². The zero-order chi connectivity index (χ0) is 16.4. The molecule has 120 valence electrons. The van der Waals surface area contributed by atoms with Crippen molar-refractivity contribution in [1.29, 1.82) is 0 Å². The smallest absolute Gasteiger partial charge is 0.339 e. The Kier molecular flexibility index (Phi) is 4.06. The van der Waals surface area contributed by atoms with Crippen molar-refractivity contribution in [3.05, 3.63) is 35.9 Å². The highest BCUT2D eigenvalue weighted by Crippen LogP contribution is 2.32. The zero-order valence-electron chi connectivity index (χ0n) is 12.7. The van der Waals surface area contributed by atoms with Gasteiger partial charge in [0.25, 0.3) is 0 Å². The molecule has 0 saturated carbocycles. The van der Waals surface area contributed by atoms with E-state index in [0.717, 1.165) is 17.2 Å². The Labute approximate surface area is 133 Å². The number of carbonyl (C=O) groups is 2. The van der Waals surface area contributed by atoms with Crippen molar-refractivity contribution in [3.63, 3.8) is 0 Å². The van der Waals surface area contributed by atoms with Gasteiger partial charge in [-0.05, 0) is 30.0 Å². The number of ether oxygens (including phenoxy) is 2. The van der Waals surface area contributed by atoms with E-state index in [9.17, 15) is 14.7 Å². The molecular formula is C17H17NO5. The van der Waals surface area contributed by atoms with Gasteiger partial charge >= 0.3 is 5.97 Å². The molecule has 0 spiro atoms. The molecule has 2 aromatic carbocycles. The lowest BCUT2D eigenvalue weighted by Gasteiger charge is -2.15. The van der Waals surface area contributed by atoms with Gasteiger partial charge in [0.1, 0.15) is 23.7 Å². The Morgan fingerprint density at radius 2 is 2.17 bits per heavy atom. The first-order valence-corrected chi connectivity index (χ1v) is 7.34. The van der Waals surface area contributed by atoms with Gasteiger partial charge in [0.15, 0.2) is 0 Å². The molecule has 1 aliphatic heterocycles. The summed E-state index contributed by atoms with van der Waals surface area (Å²) >= 11 is 0. The maximum Gasteiger partial charge on any atom is 0.339 e. The first-order valence-electron chi connectivity index (χ1n) is 7.34. The molecule has 0 aromatic heterocycles. The fraction of sp³-hybridized carbons (Fsp3) is 0.294. The minimum Gasteiger partial charge on any atom is -0.496 e. The summed E-state index contributed by atoms with van der Waals surface area (Å²) < 4.78 is 11.0. The molecule has 6 nitrogen and oxygen atoms in total. The number of methoxy groups -OCH3 is 1. The predicted octanol–water partition coefficient (Wildman–Crippen LogP) is 2.20. The van der Waals surface area contributed by atoms with Crippen LogP contribution in [0.2, 0.25) is 0 Å². The number of carboxylic acids is 1. The highest BCUT2D eigenvalue weighted by atomic mass is 16.5. The van der Waals surface area contributed by atoms with Crippen molar-refractivity contribution in [2.24, 2.45) is 0 Å². The predicted molar refractivity (Wildman–Crippen MR) is 84.1 cm³/mol. The second kappa shape index (κ2) is 6.16. The highest BCUT2D eigenvalue weighted by molar-refractivity contribution is 5.99. The van der Waals surface area contributed by atoms with E-state index in [0.29, 0.717) is 18.8 Å². The number of carboxylic acid groups (broad SMARTS) is 1. The van der Waals surface area contributed by atoms with Crippen molar-refractivity contribution in [2.45, 2.75) is 18.9 Å². The number of benzene rings is 2. The minimum atomic E-state index is -1.04. The maximum absolute atomic E-state index is 11.3. The van der Waals surface area contributed by atoms with Gasteiger partial charge in [0.05, 0.1) is 13.2 Å². The van der Waals surface area contributed by atoms with Gasteiger partial charge in [0, 0.05) is 11.8 Å². The molecule has 2 aromatic rings. The zero-order valence-corrected chi connectivity index (χ0v) is 12.7. The lowest BCUT2D eigenvalue weighted by Crippen LogP contribution is -2.30. The number of nitrogens with one attached hydrogen (secondary N) is 1. The van der Waals surface area contributed by atoms with E-state index in [4.69, 9.17) is 9.47 Å². The molecule has 0 bridgehead atoms. The van der Waals surface area contributed by atoms with Gasteiger partial charge in [-0.1, -0.05) is 12.1 Å². The Balaban J connectivity index is 1.91. The van der Waals surface area contributed by atoms with E-state index in [1.807, 2.05) is 18.2 Å². The number of fused-ring (bicyclic) bond motifs is 1. The maximum atomic E-state index is 11.3. The molecule has 6 heteroatoms. The van der Waals surface area contributed by atoms with Crippen LogP contribution in [0.5, 0.6) is 11.5 Å². The summed E-state index contributed by atoms with van der Waals surface area (Å²) in [6.45, 7) is 0.383. The number of hydrogen-bond acceptors (Lipinski definition) is 4. The minimum absolute atomic E-state index is 0.0120. The van der Waals surface area contributed by atoms with Crippen LogP contribution in [0.4, 0.5) is 0 Å². The van der Waals surface area contributed by atoms with E-state index < -0.39 is 5.97 Å². The summed E-state index contributed by atoms with van der Waals surface area (Å²) in [6, 6.07) is 8.70. The molecule has 3 rings (SSSR count). The summed E-state index contributed by atoms with van der Waals surface area (Å²) in [5.74, 6) is -0.0675. The number of rotatable bonds is 5. The molecule has 23 heavy (non-hydrogen) atoms. The van der Waals surface area contributed by atoms with E-state index in [2.05, 4.69) is 5.32 Å². The van der Waals surface area contributed by atoms with Crippen molar-refractivity contribution >= 4 is 22.6 Å². The first-order chi connectivity index (χ1) is 11.1. The number of aromatic carboxylic acids is 1. The van der Waals surface area contributed by atoms with Crippen LogP contribution in [0.3, 0.4) is 0 Å². The van der Waals surface area contributed by atoms with Gasteiger partial charge in [-0.15, -0.1) is 0 Å². The van der Waals surface area contributed by atoms with Crippen molar-refractivity contribution < 1.29 is 24.2 Å². The van der Waals surface area contributed by atoms with Crippen LogP contribution in [0.15, 0.2) is 30.3 Å². The van der Waals surface area contributed by atoms with Crippen LogP contribution in [-0.4, -0.2) is 36.7 Å². The molecule has 1 saturated heterocycles. The quantitative estimate of drug-likeness (QED) is 0.883. The number of carbonyl (C=O) groups excluding carboxylic acids is 1. The highest BCUT2D eigenvalue weighted by Gasteiger charge is 2.21. The second-order valence-electron chi connectivity index (χ2n) is 5.45. The van der Waals surface area contributed by atoms with Crippen LogP contribution in [0.1, 0.15) is 23.2 Å². The van der Waals surface area contributed by atoms with Gasteiger partial charge < -0.3 is 19.9 Å². The van der Waals surface area contributed by atoms with Crippen molar-refractivity contribution in [1.82, 2.24) is 5.32 Å². The molecule has 1 heterocycles. The Bertz CT molecular complexity index is 771. The van der Waals surface area contributed by atoms with Gasteiger partial charge in [-0.3, -0.25) is 4.79 Å². The third kappa shape index (κ3) is 3.06. The lowest BCUT2D eigenvalue weighted by molar-refractivity contribution is -0.119. The average molecular weight is 315 g/mol. The molecule has 2 N–H and O–H groups in total. The first kappa shape index (κ1) is 15.1. The molecule has 1 unspecified atom stereocenters. The standard InChI is InChI=1S/C17H17NO5/c1-22-15-8-12-10(7-13(15)17(20)21)3-2-4-14(12)23-9-11-5-6-16(19)18-11/h2-4,7-8,11H,5-6,9H2,1H3,(H,18,19)(H,20,21). The second-order valence-corrected chi connectivity index (χ2v) is 5.45. The summed E-state index contributed by atoms with van der Waals surface area (Å²) in [7, 11) is 1.44. The van der Waals surface area contributed by atoms with Crippen LogP contribution in [-0.2, 0) is 4.79 Å². The average Bonchev–Trinajstić information content (AvgIpc) is 2.96. The van der Waals surface area contributed by atoms with Crippen molar-refractivity contribution in [2.75, 3.05) is 13.7 Å². The number of amides is 1. The van der Waals surface area contributed by atoms with Crippen molar-refractivity contribution in [3.8, 4) is 11.5 Å².